The molecule has 0 aromatic carbocycles. The average molecular weight is 350 g/mol. The van der Waals surface area contributed by atoms with Gasteiger partial charge in [-0.3, -0.25) is 0 Å². The predicted molar refractivity (Wildman–Crippen MR) is 98.0 cm³/mol. The number of hydrogen-bond acceptors (Lipinski definition) is 4. The number of hydrogen-bond donors (Lipinski definition) is 3. The molecule has 1 saturated carbocycles. The molecule has 25 heavy (non-hydrogen) atoms. The molecule has 3 N–H and O–H groups in total. The summed E-state index contributed by atoms with van der Waals surface area (Å²) in [6.07, 6.45) is 6.13. The first-order valence-corrected chi connectivity index (χ1v) is 9.71. The van der Waals surface area contributed by atoms with Crippen molar-refractivity contribution >= 4 is 0 Å². The number of fused-ring (bicyclic) bond motifs is 2. The van der Waals surface area contributed by atoms with Crippen LogP contribution in [0.25, 0.3) is 0 Å². The zero-order valence-electron chi connectivity index (χ0n) is 16.1. The van der Waals surface area contributed by atoms with E-state index in [1.54, 1.807) is 7.11 Å². The molecule has 3 aliphatic rings. The van der Waals surface area contributed by atoms with E-state index in [0.717, 1.165) is 24.8 Å². The number of allylic oxidation sites excluding steroid dienone is 1. The SMILES string of the molecule is COC[C@@]1(O)CC[C@@H]2/C1=C\[C@@]1(C)CCC(C(C)CO)=C1C[C@H](O)[C@@H]2C. The summed E-state index contributed by atoms with van der Waals surface area (Å²) in [4.78, 5) is 0. The van der Waals surface area contributed by atoms with Gasteiger partial charge in [-0.05, 0) is 49.5 Å². The first-order chi connectivity index (χ1) is 11.8. The minimum atomic E-state index is -0.912. The van der Waals surface area contributed by atoms with Crippen LogP contribution in [-0.4, -0.2) is 47.3 Å². The minimum absolute atomic E-state index is 0.112. The number of aliphatic hydroxyl groups is 3. The molecule has 0 saturated heterocycles. The first kappa shape index (κ1) is 19.1. The van der Waals surface area contributed by atoms with E-state index < -0.39 is 11.7 Å². The van der Waals surface area contributed by atoms with Gasteiger partial charge in [0.25, 0.3) is 0 Å². The number of rotatable bonds is 4. The number of aliphatic hydroxyl groups excluding tert-OH is 2. The van der Waals surface area contributed by atoms with Crippen LogP contribution in [0.2, 0.25) is 0 Å². The van der Waals surface area contributed by atoms with E-state index in [4.69, 9.17) is 4.74 Å². The normalized spacial score (nSPS) is 44.6. The Balaban J connectivity index is 2.11. The highest BCUT2D eigenvalue weighted by molar-refractivity contribution is 5.40. The van der Waals surface area contributed by atoms with Crippen molar-refractivity contribution < 1.29 is 20.1 Å². The molecule has 0 bridgehead atoms. The highest BCUT2D eigenvalue weighted by atomic mass is 16.5. The summed E-state index contributed by atoms with van der Waals surface area (Å²) < 4.78 is 5.33. The highest BCUT2D eigenvalue weighted by Crippen LogP contribution is 2.55. The van der Waals surface area contributed by atoms with Crippen LogP contribution in [0.5, 0.6) is 0 Å². The molecular weight excluding hydrogens is 316 g/mol. The fourth-order valence-electron chi connectivity index (χ4n) is 5.47. The Hall–Kier alpha value is -0.680. The number of methoxy groups -OCH3 is 1. The maximum Gasteiger partial charge on any atom is 0.109 e. The van der Waals surface area contributed by atoms with Crippen LogP contribution in [0.4, 0.5) is 0 Å². The Labute approximate surface area is 151 Å². The Kier molecular flexibility index (Phi) is 5.20. The van der Waals surface area contributed by atoms with Crippen molar-refractivity contribution in [3.63, 3.8) is 0 Å². The molecule has 0 amide bonds. The molecule has 3 rings (SSSR count). The fourth-order valence-corrected chi connectivity index (χ4v) is 5.47. The van der Waals surface area contributed by atoms with Gasteiger partial charge in [-0.1, -0.05) is 38.0 Å². The second kappa shape index (κ2) is 6.80. The molecule has 3 aliphatic carbocycles. The third kappa shape index (κ3) is 3.12. The standard InChI is InChI=1S/C21H34O4/c1-13(11-22)15-5-7-20(3)10-18-16(6-8-21(18,24)12-25-4)14(2)19(23)9-17(15)20/h10,13-14,16,19,22-24H,5-9,11-12H2,1-4H3/b18-10+/t13?,14-,16+,19+,20-,21+/m1/s1. The third-order valence-corrected chi connectivity index (χ3v) is 7.18. The lowest BCUT2D eigenvalue weighted by molar-refractivity contribution is -0.00114. The van der Waals surface area contributed by atoms with Gasteiger partial charge in [-0.25, -0.2) is 0 Å². The summed E-state index contributed by atoms with van der Waals surface area (Å²) in [5, 5.41) is 31.8. The molecule has 0 aliphatic heterocycles. The van der Waals surface area contributed by atoms with E-state index in [9.17, 15) is 15.3 Å². The molecule has 0 heterocycles. The van der Waals surface area contributed by atoms with Crippen molar-refractivity contribution in [3.05, 3.63) is 22.8 Å². The van der Waals surface area contributed by atoms with Crippen LogP contribution < -0.4 is 0 Å². The van der Waals surface area contributed by atoms with Crippen molar-refractivity contribution in [1.82, 2.24) is 0 Å². The van der Waals surface area contributed by atoms with Gasteiger partial charge in [0.05, 0.1) is 12.7 Å². The van der Waals surface area contributed by atoms with Gasteiger partial charge >= 0.3 is 0 Å². The molecule has 6 atom stereocenters. The zero-order valence-corrected chi connectivity index (χ0v) is 16.1. The molecule has 4 heteroatoms. The van der Waals surface area contributed by atoms with Crippen molar-refractivity contribution in [1.29, 1.82) is 0 Å². The molecule has 1 fully saturated rings. The summed E-state index contributed by atoms with van der Waals surface area (Å²) in [5.74, 6) is 0.461. The van der Waals surface area contributed by atoms with Gasteiger partial charge in [0.2, 0.25) is 0 Å². The number of ether oxygens (including phenoxy) is 1. The van der Waals surface area contributed by atoms with E-state index in [1.807, 2.05) is 0 Å². The van der Waals surface area contributed by atoms with Crippen LogP contribution in [-0.2, 0) is 4.74 Å². The monoisotopic (exact) mass is 350 g/mol. The summed E-state index contributed by atoms with van der Waals surface area (Å²) in [5.41, 5.74) is 2.60. The van der Waals surface area contributed by atoms with Crippen molar-refractivity contribution in [2.45, 2.75) is 64.6 Å². The maximum atomic E-state index is 11.2. The molecule has 142 valence electrons. The Morgan fingerprint density at radius 1 is 1.36 bits per heavy atom. The van der Waals surface area contributed by atoms with Gasteiger partial charge in [0.15, 0.2) is 0 Å². The second-order valence-electron chi connectivity index (χ2n) is 8.84. The lowest BCUT2D eigenvalue weighted by Gasteiger charge is -2.38. The Morgan fingerprint density at radius 3 is 2.72 bits per heavy atom. The zero-order chi connectivity index (χ0) is 18.4. The van der Waals surface area contributed by atoms with Gasteiger partial charge in [-0.15, -0.1) is 0 Å². The maximum absolute atomic E-state index is 11.2. The van der Waals surface area contributed by atoms with Gasteiger partial charge in [0.1, 0.15) is 5.60 Å². The lowest BCUT2D eigenvalue weighted by atomic mass is 9.69. The Morgan fingerprint density at radius 2 is 2.08 bits per heavy atom. The van der Waals surface area contributed by atoms with Crippen LogP contribution in [0.1, 0.15) is 52.9 Å². The van der Waals surface area contributed by atoms with Gasteiger partial charge < -0.3 is 20.1 Å². The Bertz CT molecular complexity index is 580. The van der Waals surface area contributed by atoms with Crippen molar-refractivity contribution in [2.24, 2.45) is 23.2 Å². The second-order valence-corrected chi connectivity index (χ2v) is 8.84. The molecular formula is C21H34O4. The van der Waals surface area contributed by atoms with E-state index in [0.29, 0.717) is 19.4 Å². The van der Waals surface area contributed by atoms with Gasteiger partial charge in [0, 0.05) is 25.0 Å². The average Bonchev–Trinajstić information content (AvgIpc) is 3.05. The fraction of sp³-hybridized carbons (Fsp3) is 0.810. The van der Waals surface area contributed by atoms with E-state index >= 15 is 0 Å². The van der Waals surface area contributed by atoms with E-state index in [2.05, 4.69) is 26.8 Å². The lowest BCUT2D eigenvalue weighted by Crippen LogP contribution is -2.38. The molecule has 0 radical (unpaired) electrons. The van der Waals surface area contributed by atoms with E-state index in [-0.39, 0.29) is 29.8 Å². The van der Waals surface area contributed by atoms with Crippen LogP contribution in [0.3, 0.4) is 0 Å². The van der Waals surface area contributed by atoms with Gasteiger partial charge in [-0.2, -0.15) is 0 Å². The van der Waals surface area contributed by atoms with E-state index in [1.165, 1.54) is 11.1 Å². The topological polar surface area (TPSA) is 69.9 Å². The quantitative estimate of drug-likeness (QED) is 0.682. The predicted octanol–water partition coefficient (Wildman–Crippen LogP) is 2.83. The molecule has 0 aromatic heterocycles. The van der Waals surface area contributed by atoms with Crippen molar-refractivity contribution in [3.8, 4) is 0 Å². The molecule has 0 spiro atoms. The first-order valence-electron chi connectivity index (χ1n) is 9.71. The minimum Gasteiger partial charge on any atom is -0.396 e. The summed E-state index contributed by atoms with van der Waals surface area (Å²) in [7, 11) is 1.64. The largest absolute Gasteiger partial charge is 0.396 e. The smallest absolute Gasteiger partial charge is 0.109 e. The van der Waals surface area contributed by atoms with Crippen LogP contribution >= 0.6 is 0 Å². The summed E-state index contributed by atoms with van der Waals surface area (Å²) in [6, 6.07) is 0. The molecule has 0 aromatic rings. The van der Waals surface area contributed by atoms with Crippen LogP contribution in [0, 0.1) is 23.2 Å². The molecule has 1 unspecified atom stereocenters. The van der Waals surface area contributed by atoms with Crippen LogP contribution in [0.15, 0.2) is 22.8 Å². The highest BCUT2D eigenvalue weighted by Gasteiger charge is 2.50. The third-order valence-electron chi connectivity index (χ3n) is 7.18. The summed E-state index contributed by atoms with van der Waals surface area (Å²) in [6.45, 7) is 6.86. The molecule has 4 nitrogen and oxygen atoms in total. The summed E-state index contributed by atoms with van der Waals surface area (Å²) >= 11 is 0. The van der Waals surface area contributed by atoms with Crippen molar-refractivity contribution in [2.75, 3.05) is 20.3 Å².